The van der Waals surface area contributed by atoms with Gasteiger partial charge < -0.3 is 0 Å². The Balaban J connectivity index is 0.000000720. The van der Waals surface area contributed by atoms with Gasteiger partial charge in [-0.2, -0.15) is 0 Å². The quantitative estimate of drug-likeness (QED) is 0.546. The second-order valence-corrected chi connectivity index (χ2v) is 2.71. The van der Waals surface area contributed by atoms with E-state index in [0.29, 0.717) is 5.15 Å². The molecule has 2 aromatic rings. The Morgan fingerprint density at radius 3 is 2.82 bits per heavy atom. The number of aromatic nitrogens is 1. The Hall–Kier alpha value is -1.08. The van der Waals surface area contributed by atoms with Crippen LogP contribution in [-0.4, -0.2) is 4.98 Å². The van der Waals surface area contributed by atoms with Crippen LogP contribution in [0.4, 0.5) is 0 Å². The van der Waals surface area contributed by atoms with E-state index in [1.807, 2.05) is 30.3 Å². The Morgan fingerprint density at radius 1 is 1.09 bits per heavy atom. The van der Waals surface area contributed by atoms with Gasteiger partial charge in [-0.15, -0.1) is 0 Å². The van der Waals surface area contributed by atoms with Crippen molar-refractivity contribution in [3.63, 3.8) is 0 Å². The van der Waals surface area contributed by atoms with Crippen LogP contribution in [0.2, 0.25) is 5.15 Å². The van der Waals surface area contributed by atoms with E-state index in [1.165, 1.54) is 0 Å². The van der Waals surface area contributed by atoms with E-state index in [1.54, 1.807) is 6.07 Å². The van der Waals surface area contributed by atoms with Crippen molar-refractivity contribution in [3.05, 3.63) is 41.6 Å². The summed E-state index contributed by atoms with van der Waals surface area (Å²) >= 11 is 5.71. The molecule has 0 aliphatic heterocycles. The fourth-order valence-electron chi connectivity index (χ4n) is 1.04. The number of hydrogen-bond donors (Lipinski definition) is 0. The van der Waals surface area contributed by atoms with E-state index < -0.39 is 0 Å². The topological polar surface area (TPSA) is 12.9 Å². The average Bonchev–Trinajstić information content (AvgIpc) is 2.04. The molecule has 2 heteroatoms. The largest absolute Gasteiger partial charge is 1.00 e. The highest BCUT2D eigenvalue weighted by molar-refractivity contribution is 6.29. The van der Waals surface area contributed by atoms with Crippen molar-refractivity contribution >= 4 is 22.5 Å². The van der Waals surface area contributed by atoms with Gasteiger partial charge in [0, 0.05) is 5.39 Å². The molecule has 0 saturated carbocycles. The number of hydrogen-bond acceptors (Lipinski definition) is 1. The van der Waals surface area contributed by atoms with Gasteiger partial charge in [0.25, 0.3) is 0 Å². The highest BCUT2D eigenvalue weighted by Gasteiger charge is 1.92. The van der Waals surface area contributed by atoms with Gasteiger partial charge >= 0.3 is 1.43 Å². The molecule has 0 radical (unpaired) electrons. The van der Waals surface area contributed by atoms with Gasteiger partial charge in [0.1, 0.15) is 5.15 Å². The van der Waals surface area contributed by atoms with Crippen LogP contribution in [0.1, 0.15) is 1.43 Å². The Bertz CT molecular complexity index is 389. The normalized spacial score (nSPS) is 10.3. The van der Waals surface area contributed by atoms with Gasteiger partial charge in [-0.25, -0.2) is 4.98 Å². The summed E-state index contributed by atoms with van der Waals surface area (Å²) in [5.41, 5.74) is 0.944. The summed E-state index contributed by atoms with van der Waals surface area (Å²) in [4.78, 5) is 4.14. The van der Waals surface area contributed by atoms with E-state index in [-0.39, 0.29) is 1.43 Å². The van der Waals surface area contributed by atoms with Gasteiger partial charge in [-0.1, -0.05) is 29.8 Å². The van der Waals surface area contributed by atoms with Crippen LogP contribution in [0, 0.1) is 0 Å². The minimum Gasteiger partial charge on any atom is -0.236 e. The maximum atomic E-state index is 5.71. The predicted molar refractivity (Wildman–Crippen MR) is 47.9 cm³/mol. The first kappa shape index (κ1) is 6.62. The minimum atomic E-state index is 0. The molecule has 1 nitrogen and oxygen atoms in total. The van der Waals surface area contributed by atoms with Crippen molar-refractivity contribution in [2.24, 2.45) is 0 Å². The molecule has 0 spiro atoms. The van der Waals surface area contributed by atoms with Crippen molar-refractivity contribution in [3.8, 4) is 0 Å². The number of fused-ring (bicyclic) bond motifs is 1. The van der Waals surface area contributed by atoms with Crippen LogP contribution in [0.25, 0.3) is 10.9 Å². The molecule has 0 bridgehead atoms. The number of benzene rings is 1. The molecule has 0 atom stereocenters. The summed E-state index contributed by atoms with van der Waals surface area (Å²) in [6, 6.07) is 11.7. The summed E-state index contributed by atoms with van der Waals surface area (Å²) in [6.07, 6.45) is 0. The average molecular weight is 165 g/mol. The molecule has 11 heavy (non-hydrogen) atoms. The van der Waals surface area contributed by atoms with Gasteiger partial charge in [0.15, 0.2) is 0 Å². The van der Waals surface area contributed by atoms with Crippen LogP contribution < -0.4 is 0 Å². The molecule has 0 aliphatic rings. The van der Waals surface area contributed by atoms with Crippen molar-refractivity contribution in [2.45, 2.75) is 0 Å². The molecule has 54 valence electrons. The van der Waals surface area contributed by atoms with Crippen LogP contribution in [0.5, 0.6) is 0 Å². The number of para-hydroxylation sites is 1. The fourth-order valence-corrected chi connectivity index (χ4v) is 1.20. The SMILES string of the molecule is Clc1ccc2ccccc2n1.[H+]. The maximum Gasteiger partial charge on any atom is 1.00 e. The van der Waals surface area contributed by atoms with Crippen molar-refractivity contribution in [1.29, 1.82) is 0 Å². The second-order valence-electron chi connectivity index (χ2n) is 2.33. The third-order valence-corrected chi connectivity index (χ3v) is 1.77. The standard InChI is InChI=1S/C9H6ClN/c10-9-6-5-7-3-1-2-4-8(7)11-9/h1-6H/p+1. The monoisotopic (exact) mass is 164 g/mol. The highest BCUT2D eigenvalue weighted by atomic mass is 35.5. The van der Waals surface area contributed by atoms with Crippen LogP contribution in [0.3, 0.4) is 0 Å². The molecule has 0 amide bonds. The molecule has 0 unspecified atom stereocenters. The first-order valence-electron chi connectivity index (χ1n) is 3.37. The molecular weight excluding hydrogens is 158 g/mol. The smallest absolute Gasteiger partial charge is 0.236 e. The van der Waals surface area contributed by atoms with Crippen molar-refractivity contribution in [2.75, 3.05) is 0 Å². The van der Waals surface area contributed by atoms with Crippen LogP contribution >= 0.6 is 11.6 Å². The van der Waals surface area contributed by atoms with Gasteiger partial charge in [-0.3, -0.25) is 0 Å². The zero-order valence-corrected chi connectivity index (χ0v) is 6.55. The summed E-state index contributed by atoms with van der Waals surface area (Å²) in [7, 11) is 0. The summed E-state index contributed by atoms with van der Waals surface area (Å²) in [5.74, 6) is 0. The molecule has 0 fully saturated rings. The van der Waals surface area contributed by atoms with Gasteiger partial charge in [-0.05, 0) is 18.2 Å². The molecule has 0 saturated heterocycles. The predicted octanol–water partition coefficient (Wildman–Crippen LogP) is 3.00. The number of rotatable bonds is 0. The molecular formula is C9H7ClN+. The molecule has 1 aromatic carbocycles. The first-order valence-corrected chi connectivity index (χ1v) is 3.75. The second kappa shape index (κ2) is 2.51. The van der Waals surface area contributed by atoms with Crippen molar-refractivity contribution in [1.82, 2.24) is 4.98 Å². The molecule has 1 heterocycles. The Morgan fingerprint density at radius 2 is 1.91 bits per heavy atom. The van der Waals surface area contributed by atoms with E-state index in [0.717, 1.165) is 10.9 Å². The van der Waals surface area contributed by atoms with Gasteiger partial charge in [0.2, 0.25) is 0 Å². The van der Waals surface area contributed by atoms with E-state index in [9.17, 15) is 0 Å². The van der Waals surface area contributed by atoms with Crippen molar-refractivity contribution < 1.29 is 1.43 Å². The lowest BCUT2D eigenvalue weighted by Gasteiger charge is -1.94. The molecule has 2 rings (SSSR count). The third-order valence-electron chi connectivity index (χ3n) is 1.56. The van der Waals surface area contributed by atoms with Gasteiger partial charge in [0.05, 0.1) is 5.52 Å². The van der Waals surface area contributed by atoms with Crippen LogP contribution in [0.15, 0.2) is 36.4 Å². The lowest BCUT2D eigenvalue weighted by molar-refractivity contribution is 1.41. The fraction of sp³-hybridized carbons (Fsp3) is 0. The maximum absolute atomic E-state index is 5.71. The zero-order chi connectivity index (χ0) is 7.68. The summed E-state index contributed by atoms with van der Waals surface area (Å²) in [5, 5.41) is 1.67. The Kier molecular flexibility index (Phi) is 1.51. The number of halogens is 1. The van der Waals surface area contributed by atoms with E-state index in [4.69, 9.17) is 11.6 Å². The number of nitrogens with zero attached hydrogens (tertiary/aromatic N) is 1. The molecule has 0 aliphatic carbocycles. The highest BCUT2D eigenvalue weighted by Crippen LogP contribution is 2.13. The first-order chi connectivity index (χ1) is 5.36. The van der Waals surface area contributed by atoms with E-state index >= 15 is 0 Å². The summed E-state index contributed by atoms with van der Waals surface area (Å²) in [6.45, 7) is 0. The molecule has 0 N–H and O–H groups in total. The minimum absolute atomic E-state index is 0. The molecule has 1 aromatic heterocycles. The lowest BCUT2D eigenvalue weighted by Crippen LogP contribution is -1.76. The van der Waals surface area contributed by atoms with E-state index in [2.05, 4.69) is 4.98 Å². The zero-order valence-electron chi connectivity index (χ0n) is 6.79. The lowest BCUT2D eigenvalue weighted by atomic mass is 10.2. The third kappa shape index (κ3) is 1.19. The van der Waals surface area contributed by atoms with Crippen LogP contribution in [-0.2, 0) is 0 Å². The number of pyridine rings is 1. The summed E-state index contributed by atoms with van der Waals surface area (Å²) < 4.78 is 0. The Labute approximate surface area is 71.1 Å².